The van der Waals surface area contributed by atoms with E-state index in [9.17, 15) is 0 Å². The Bertz CT molecular complexity index is 417. The van der Waals surface area contributed by atoms with E-state index in [1.54, 1.807) is 0 Å². The quantitative estimate of drug-likeness (QED) is 0.637. The molecular weight excluding hydrogens is 224 g/mol. The van der Waals surface area contributed by atoms with Crippen LogP contribution in [-0.2, 0) is 6.42 Å². The molecule has 0 spiro atoms. The van der Waals surface area contributed by atoms with Gasteiger partial charge < -0.3 is 5.43 Å². The predicted molar refractivity (Wildman–Crippen MR) is 74.3 cm³/mol. The molecule has 1 aliphatic carbocycles. The van der Waals surface area contributed by atoms with Gasteiger partial charge in [0.15, 0.2) is 0 Å². The number of aromatic nitrogens is 2. The zero-order chi connectivity index (χ0) is 13.1. The number of nitrogens with two attached hydrogens (primary N) is 1. The summed E-state index contributed by atoms with van der Waals surface area (Å²) in [6.07, 6.45) is 5.95. The molecule has 100 valence electrons. The summed E-state index contributed by atoms with van der Waals surface area (Å²) in [5.41, 5.74) is 4.92. The molecule has 1 aromatic heterocycles. The van der Waals surface area contributed by atoms with Crippen molar-refractivity contribution in [1.29, 1.82) is 0 Å². The van der Waals surface area contributed by atoms with Crippen LogP contribution >= 0.6 is 0 Å². The number of anilines is 1. The Hall–Kier alpha value is -1.16. The normalized spacial score (nSPS) is 24.0. The van der Waals surface area contributed by atoms with E-state index in [-0.39, 0.29) is 0 Å². The summed E-state index contributed by atoms with van der Waals surface area (Å²) in [7, 11) is 0. The first-order valence-electron chi connectivity index (χ1n) is 6.99. The fourth-order valence-electron chi connectivity index (χ4n) is 3.01. The lowest BCUT2D eigenvalue weighted by molar-refractivity contribution is 0.335. The molecule has 4 nitrogen and oxygen atoms in total. The third kappa shape index (κ3) is 2.64. The Morgan fingerprint density at radius 1 is 1.33 bits per heavy atom. The molecule has 4 heteroatoms. The minimum atomic E-state index is 0.505. The maximum absolute atomic E-state index is 5.58. The number of rotatable bonds is 3. The zero-order valence-electron chi connectivity index (χ0n) is 11.7. The van der Waals surface area contributed by atoms with Crippen LogP contribution in [0.25, 0.3) is 0 Å². The summed E-state index contributed by atoms with van der Waals surface area (Å²) in [6.45, 7) is 6.48. The monoisotopic (exact) mass is 248 g/mol. The number of nitrogens with one attached hydrogen (secondary N) is 1. The van der Waals surface area contributed by atoms with Gasteiger partial charge in [-0.1, -0.05) is 26.7 Å². The lowest BCUT2D eigenvalue weighted by Gasteiger charge is -2.26. The van der Waals surface area contributed by atoms with Crippen molar-refractivity contribution in [2.24, 2.45) is 11.8 Å². The van der Waals surface area contributed by atoms with Crippen molar-refractivity contribution in [2.75, 3.05) is 5.43 Å². The van der Waals surface area contributed by atoms with Gasteiger partial charge in [0.25, 0.3) is 0 Å². The highest BCUT2D eigenvalue weighted by Gasteiger charge is 2.24. The van der Waals surface area contributed by atoms with Crippen LogP contribution in [0, 0.1) is 12.8 Å². The second-order valence-electron chi connectivity index (χ2n) is 5.46. The minimum Gasteiger partial charge on any atom is -0.308 e. The van der Waals surface area contributed by atoms with E-state index in [1.807, 2.05) is 0 Å². The van der Waals surface area contributed by atoms with Gasteiger partial charge in [-0.05, 0) is 32.1 Å². The van der Waals surface area contributed by atoms with Crippen molar-refractivity contribution in [1.82, 2.24) is 9.97 Å². The number of nitrogens with zero attached hydrogens (tertiary/aromatic N) is 2. The number of aryl methyl sites for hydroxylation is 1. The van der Waals surface area contributed by atoms with Gasteiger partial charge in [0.05, 0.1) is 0 Å². The molecule has 2 unspecified atom stereocenters. The van der Waals surface area contributed by atoms with Gasteiger partial charge in [-0.25, -0.2) is 15.8 Å². The van der Waals surface area contributed by atoms with Gasteiger partial charge in [0.1, 0.15) is 11.6 Å². The van der Waals surface area contributed by atoms with Crippen LogP contribution in [0.15, 0.2) is 0 Å². The molecule has 0 bridgehead atoms. The van der Waals surface area contributed by atoms with Crippen LogP contribution in [0.4, 0.5) is 5.82 Å². The Morgan fingerprint density at radius 3 is 2.72 bits per heavy atom. The number of hydrazine groups is 1. The molecule has 0 amide bonds. The van der Waals surface area contributed by atoms with Crippen molar-refractivity contribution in [3.63, 3.8) is 0 Å². The van der Waals surface area contributed by atoms with E-state index in [4.69, 9.17) is 10.8 Å². The Kier molecular flexibility index (Phi) is 4.17. The van der Waals surface area contributed by atoms with E-state index in [2.05, 4.69) is 31.2 Å². The molecule has 18 heavy (non-hydrogen) atoms. The highest BCUT2D eigenvalue weighted by molar-refractivity contribution is 5.45. The number of hydrogen-bond donors (Lipinski definition) is 2. The largest absolute Gasteiger partial charge is 0.308 e. The van der Waals surface area contributed by atoms with Crippen LogP contribution in [-0.4, -0.2) is 9.97 Å². The van der Waals surface area contributed by atoms with Crippen LogP contribution in [0.5, 0.6) is 0 Å². The molecule has 3 N–H and O–H groups in total. The van der Waals surface area contributed by atoms with Crippen LogP contribution in [0.2, 0.25) is 0 Å². The van der Waals surface area contributed by atoms with Crippen molar-refractivity contribution in [2.45, 2.75) is 58.8 Å². The first kappa shape index (κ1) is 13.3. The fourth-order valence-corrected chi connectivity index (χ4v) is 3.01. The third-order valence-corrected chi connectivity index (χ3v) is 4.02. The Balaban J connectivity index is 2.30. The van der Waals surface area contributed by atoms with Gasteiger partial charge in [0.2, 0.25) is 0 Å². The van der Waals surface area contributed by atoms with E-state index in [0.29, 0.717) is 5.92 Å². The molecular formula is C14H24N4. The maximum atomic E-state index is 5.58. The maximum Gasteiger partial charge on any atom is 0.147 e. The van der Waals surface area contributed by atoms with Crippen molar-refractivity contribution in [3.8, 4) is 0 Å². The van der Waals surface area contributed by atoms with Gasteiger partial charge >= 0.3 is 0 Å². The third-order valence-electron chi connectivity index (χ3n) is 4.02. The molecule has 1 aliphatic rings. The molecule has 0 aromatic carbocycles. The summed E-state index contributed by atoms with van der Waals surface area (Å²) in [6, 6.07) is 0. The molecule has 1 heterocycles. The first-order valence-corrected chi connectivity index (χ1v) is 6.99. The zero-order valence-corrected chi connectivity index (χ0v) is 11.7. The van der Waals surface area contributed by atoms with Crippen molar-refractivity contribution in [3.05, 3.63) is 17.1 Å². The second-order valence-corrected chi connectivity index (χ2v) is 5.46. The number of hydrogen-bond acceptors (Lipinski definition) is 4. The number of nitrogen functional groups attached to an aromatic ring is 1. The topological polar surface area (TPSA) is 63.8 Å². The highest BCUT2D eigenvalue weighted by atomic mass is 15.3. The summed E-state index contributed by atoms with van der Waals surface area (Å²) in [4.78, 5) is 9.34. The van der Waals surface area contributed by atoms with E-state index < -0.39 is 0 Å². The lowest BCUT2D eigenvalue weighted by Crippen LogP contribution is -2.19. The van der Waals surface area contributed by atoms with Crippen molar-refractivity contribution >= 4 is 5.82 Å². The first-order chi connectivity index (χ1) is 8.65. The molecule has 0 aliphatic heterocycles. The average Bonchev–Trinajstić information content (AvgIpc) is 2.37. The minimum absolute atomic E-state index is 0.505. The molecule has 0 radical (unpaired) electrons. The standard InChI is InChI=1S/C14H24N4/c1-4-12-10(3)16-13(17-14(12)18-15)11-7-5-6-9(2)8-11/h9,11H,4-8,15H2,1-3H3,(H,16,17,18). The van der Waals surface area contributed by atoms with Crippen LogP contribution < -0.4 is 11.3 Å². The van der Waals surface area contributed by atoms with Gasteiger partial charge in [-0.2, -0.15) is 0 Å². The lowest BCUT2D eigenvalue weighted by atomic mass is 9.82. The predicted octanol–water partition coefficient (Wildman–Crippen LogP) is 2.93. The Morgan fingerprint density at radius 2 is 2.11 bits per heavy atom. The molecule has 2 atom stereocenters. The summed E-state index contributed by atoms with van der Waals surface area (Å²) in [5, 5.41) is 0. The average molecular weight is 248 g/mol. The van der Waals surface area contributed by atoms with Gasteiger partial charge in [-0.15, -0.1) is 0 Å². The molecule has 2 rings (SSSR count). The summed E-state index contributed by atoms with van der Waals surface area (Å²) in [5.74, 6) is 8.65. The Labute approximate surface area is 109 Å². The second kappa shape index (κ2) is 5.65. The molecule has 1 aromatic rings. The van der Waals surface area contributed by atoms with E-state index in [0.717, 1.165) is 35.2 Å². The SMILES string of the molecule is CCc1c(C)nc(C2CCCC(C)C2)nc1NN. The molecule has 1 saturated carbocycles. The summed E-state index contributed by atoms with van der Waals surface area (Å²) < 4.78 is 0. The van der Waals surface area contributed by atoms with Crippen molar-refractivity contribution < 1.29 is 0 Å². The van der Waals surface area contributed by atoms with Gasteiger partial charge in [-0.3, -0.25) is 0 Å². The van der Waals surface area contributed by atoms with Gasteiger partial charge in [0, 0.05) is 17.2 Å². The summed E-state index contributed by atoms with van der Waals surface area (Å²) >= 11 is 0. The van der Waals surface area contributed by atoms with E-state index in [1.165, 1.54) is 25.7 Å². The highest BCUT2D eigenvalue weighted by Crippen LogP contribution is 2.35. The molecule has 0 saturated heterocycles. The van der Waals surface area contributed by atoms with Crippen LogP contribution in [0.1, 0.15) is 62.5 Å². The fraction of sp³-hybridized carbons (Fsp3) is 0.714. The smallest absolute Gasteiger partial charge is 0.147 e. The van der Waals surface area contributed by atoms with Crippen LogP contribution in [0.3, 0.4) is 0 Å². The van der Waals surface area contributed by atoms with E-state index >= 15 is 0 Å². The molecule has 1 fully saturated rings.